The molecule has 1 fully saturated rings. The van der Waals surface area contributed by atoms with Gasteiger partial charge in [-0.2, -0.15) is 13.2 Å². The molecule has 0 bridgehead atoms. The fourth-order valence-electron chi connectivity index (χ4n) is 2.24. The minimum Gasteiger partial charge on any atom is -0.396 e. The number of hydrogen-bond donors (Lipinski definition) is 1. The monoisotopic (exact) mass is 275 g/mol. The quantitative estimate of drug-likeness (QED) is 0.854. The zero-order valence-corrected chi connectivity index (χ0v) is 10.7. The summed E-state index contributed by atoms with van der Waals surface area (Å²) < 4.78 is 43.2. The van der Waals surface area contributed by atoms with Crippen LogP contribution in [0.3, 0.4) is 0 Å². The molecule has 2 N–H and O–H groups in total. The normalized spacial score (nSPS) is 24.6. The van der Waals surface area contributed by atoms with Crippen LogP contribution in [0.15, 0.2) is 12.3 Å². The van der Waals surface area contributed by atoms with E-state index in [1.165, 1.54) is 0 Å². The Balaban J connectivity index is 2.26. The maximum absolute atomic E-state index is 12.5. The van der Waals surface area contributed by atoms with Crippen molar-refractivity contribution in [3.05, 3.63) is 17.8 Å². The lowest BCUT2D eigenvalue weighted by molar-refractivity contribution is -0.137. The van der Waals surface area contributed by atoms with E-state index in [4.69, 9.17) is 10.5 Å². The highest BCUT2D eigenvalue weighted by Gasteiger charge is 2.32. The molecule has 2 heterocycles. The van der Waals surface area contributed by atoms with Gasteiger partial charge in [-0.05, 0) is 19.9 Å². The van der Waals surface area contributed by atoms with Crippen molar-refractivity contribution in [2.75, 3.05) is 23.7 Å². The summed E-state index contributed by atoms with van der Waals surface area (Å²) in [7, 11) is 0. The molecule has 19 heavy (non-hydrogen) atoms. The van der Waals surface area contributed by atoms with Crippen LogP contribution in [0, 0.1) is 0 Å². The molecule has 0 amide bonds. The molecule has 1 aromatic rings. The predicted molar refractivity (Wildman–Crippen MR) is 65.9 cm³/mol. The molecule has 1 saturated heterocycles. The minimum absolute atomic E-state index is 0.00718. The van der Waals surface area contributed by atoms with Crippen LogP contribution in [0.25, 0.3) is 0 Å². The topological polar surface area (TPSA) is 51.4 Å². The van der Waals surface area contributed by atoms with Gasteiger partial charge in [0, 0.05) is 19.3 Å². The number of morpholine rings is 1. The first kappa shape index (κ1) is 13.9. The summed E-state index contributed by atoms with van der Waals surface area (Å²) in [5.74, 6) is 0.384. The molecule has 1 aromatic heterocycles. The van der Waals surface area contributed by atoms with Gasteiger partial charge in [-0.25, -0.2) is 4.98 Å². The number of ether oxygens (including phenoxy) is 1. The summed E-state index contributed by atoms with van der Waals surface area (Å²) >= 11 is 0. The number of rotatable bonds is 1. The minimum atomic E-state index is -4.43. The van der Waals surface area contributed by atoms with Gasteiger partial charge >= 0.3 is 6.18 Å². The van der Waals surface area contributed by atoms with Crippen LogP contribution in [-0.4, -0.2) is 30.3 Å². The molecule has 2 unspecified atom stereocenters. The Morgan fingerprint density at radius 3 is 2.37 bits per heavy atom. The Bertz CT molecular complexity index is 454. The third kappa shape index (κ3) is 3.09. The van der Waals surface area contributed by atoms with Crippen LogP contribution in [0.1, 0.15) is 19.4 Å². The molecule has 0 radical (unpaired) electrons. The van der Waals surface area contributed by atoms with Gasteiger partial charge in [0.25, 0.3) is 0 Å². The van der Waals surface area contributed by atoms with Crippen molar-refractivity contribution >= 4 is 11.5 Å². The van der Waals surface area contributed by atoms with Crippen LogP contribution in [0.5, 0.6) is 0 Å². The zero-order chi connectivity index (χ0) is 14.2. The Morgan fingerprint density at radius 2 is 1.89 bits per heavy atom. The van der Waals surface area contributed by atoms with E-state index >= 15 is 0 Å². The summed E-state index contributed by atoms with van der Waals surface area (Å²) in [5, 5.41) is 0. The number of alkyl halides is 3. The lowest BCUT2D eigenvalue weighted by Crippen LogP contribution is -2.46. The van der Waals surface area contributed by atoms with E-state index in [-0.39, 0.29) is 17.9 Å². The standard InChI is InChI=1S/C12H16F3N3O/c1-7-5-18(6-8(2)19-7)11-10(16)3-9(4-17-11)12(13,14)15/h3-4,7-8H,5-6,16H2,1-2H3. The summed E-state index contributed by atoms with van der Waals surface area (Å²) in [4.78, 5) is 5.72. The maximum Gasteiger partial charge on any atom is 0.417 e. The summed E-state index contributed by atoms with van der Waals surface area (Å²) in [6.07, 6.45) is -3.62. The first-order chi connectivity index (χ1) is 8.77. The molecule has 2 rings (SSSR count). The number of aromatic nitrogens is 1. The van der Waals surface area contributed by atoms with Crippen molar-refractivity contribution in [1.29, 1.82) is 0 Å². The summed E-state index contributed by atoms with van der Waals surface area (Å²) in [5.41, 5.74) is 4.90. The molecular weight excluding hydrogens is 259 g/mol. The second-order valence-corrected chi connectivity index (χ2v) is 4.80. The van der Waals surface area contributed by atoms with Crippen molar-refractivity contribution in [2.24, 2.45) is 0 Å². The molecular formula is C12H16F3N3O. The van der Waals surface area contributed by atoms with Crippen molar-refractivity contribution in [3.8, 4) is 0 Å². The molecule has 0 spiro atoms. The summed E-state index contributed by atoms with van der Waals surface area (Å²) in [6.45, 7) is 4.94. The molecule has 4 nitrogen and oxygen atoms in total. The lowest BCUT2D eigenvalue weighted by Gasteiger charge is -2.36. The van der Waals surface area contributed by atoms with E-state index in [2.05, 4.69) is 4.98 Å². The Labute approximate surface area is 109 Å². The van der Waals surface area contributed by atoms with Crippen LogP contribution in [-0.2, 0) is 10.9 Å². The molecule has 0 aromatic carbocycles. The van der Waals surface area contributed by atoms with E-state index in [1.807, 2.05) is 18.7 Å². The SMILES string of the molecule is CC1CN(c2ncc(C(F)(F)F)cc2N)CC(C)O1. The van der Waals surface area contributed by atoms with Crippen molar-refractivity contribution in [2.45, 2.75) is 32.2 Å². The molecule has 106 valence electrons. The number of nitrogen functional groups attached to an aromatic ring is 1. The maximum atomic E-state index is 12.5. The van der Waals surface area contributed by atoms with Crippen LogP contribution >= 0.6 is 0 Å². The van der Waals surface area contributed by atoms with Gasteiger partial charge in [-0.15, -0.1) is 0 Å². The highest BCUT2D eigenvalue weighted by Crippen LogP contribution is 2.33. The Kier molecular flexibility index (Phi) is 3.58. The van der Waals surface area contributed by atoms with Crippen LogP contribution in [0.4, 0.5) is 24.7 Å². The first-order valence-electron chi connectivity index (χ1n) is 6.00. The fraction of sp³-hybridized carbons (Fsp3) is 0.583. The fourth-order valence-corrected chi connectivity index (χ4v) is 2.24. The van der Waals surface area contributed by atoms with E-state index in [1.54, 1.807) is 0 Å². The molecule has 1 aliphatic rings. The van der Waals surface area contributed by atoms with E-state index in [0.717, 1.165) is 12.3 Å². The summed E-state index contributed by atoms with van der Waals surface area (Å²) in [6, 6.07) is 0.924. The van der Waals surface area contributed by atoms with E-state index in [9.17, 15) is 13.2 Å². The van der Waals surface area contributed by atoms with E-state index < -0.39 is 11.7 Å². The average molecular weight is 275 g/mol. The van der Waals surface area contributed by atoms with Crippen molar-refractivity contribution in [3.63, 3.8) is 0 Å². The number of nitrogens with two attached hydrogens (primary N) is 1. The highest BCUT2D eigenvalue weighted by atomic mass is 19.4. The first-order valence-corrected chi connectivity index (χ1v) is 6.00. The third-order valence-electron chi connectivity index (χ3n) is 2.94. The highest BCUT2D eigenvalue weighted by molar-refractivity contribution is 5.64. The van der Waals surface area contributed by atoms with Crippen LogP contribution in [0.2, 0.25) is 0 Å². The molecule has 2 atom stereocenters. The van der Waals surface area contributed by atoms with Gasteiger partial charge in [-0.3, -0.25) is 0 Å². The third-order valence-corrected chi connectivity index (χ3v) is 2.94. The number of anilines is 2. The van der Waals surface area contributed by atoms with Crippen molar-refractivity contribution < 1.29 is 17.9 Å². The van der Waals surface area contributed by atoms with Gasteiger partial charge in [0.05, 0.1) is 23.5 Å². The second kappa shape index (κ2) is 4.88. The average Bonchev–Trinajstić information content (AvgIpc) is 2.26. The number of hydrogen-bond acceptors (Lipinski definition) is 4. The van der Waals surface area contributed by atoms with Crippen LogP contribution < -0.4 is 10.6 Å². The van der Waals surface area contributed by atoms with Gasteiger partial charge in [0.2, 0.25) is 0 Å². The van der Waals surface area contributed by atoms with Gasteiger partial charge in [0.15, 0.2) is 5.82 Å². The van der Waals surface area contributed by atoms with Gasteiger partial charge in [-0.1, -0.05) is 0 Å². The number of nitrogens with zero attached hydrogens (tertiary/aromatic N) is 2. The second-order valence-electron chi connectivity index (χ2n) is 4.80. The Hall–Kier alpha value is -1.50. The van der Waals surface area contributed by atoms with Crippen molar-refractivity contribution in [1.82, 2.24) is 4.98 Å². The molecule has 0 aliphatic carbocycles. The van der Waals surface area contributed by atoms with Gasteiger partial charge < -0.3 is 15.4 Å². The van der Waals surface area contributed by atoms with Gasteiger partial charge in [0.1, 0.15) is 0 Å². The zero-order valence-electron chi connectivity index (χ0n) is 10.7. The Morgan fingerprint density at radius 1 is 1.32 bits per heavy atom. The molecule has 1 aliphatic heterocycles. The molecule has 0 saturated carbocycles. The largest absolute Gasteiger partial charge is 0.417 e. The predicted octanol–water partition coefficient (Wildman–Crippen LogP) is 2.30. The number of pyridine rings is 1. The number of halogens is 3. The molecule has 7 heteroatoms. The smallest absolute Gasteiger partial charge is 0.396 e. The lowest BCUT2D eigenvalue weighted by atomic mass is 10.2. The van der Waals surface area contributed by atoms with E-state index in [0.29, 0.717) is 18.9 Å².